The lowest BCUT2D eigenvalue weighted by Crippen LogP contribution is -2.19. The van der Waals surface area contributed by atoms with E-state index in [2.05, 4.69) is 20.5 Å². The van der Waals surface area contributed by atoms with Crippen LogP contribution in [-0.4, -0.2) is 53.2 Å². The second-order valence-corrected chi connectivity index (χ2v) is 9.09. The Morgan fingerprint density at radius 3 is 2.72 bits per heavy atom. The minimum Gasteiger partial charge on any atom is -0.492 e. The Hall–Kier alpha value is -1.91. The van der Waals surface area contributed by atoms with E-state index < -0.39 is 0 Å². The summed E-state index contributed by atoms with van der Waals surface area (Å²) in [5.41, 5.74) is 0.613. The summed E-state index contributed by atoms with van der Waals surface area (Å²) >= 11 is 14.6. The number of ether oxygens (including phenoxy) is 1. The Kier molecular flexibility index (Phi) is 7.68. The van der Waals surface area contributed by atoms with Gasteiger partial charge in [0.15, 0.2) is 4.34 Å². The second kappa shape index (κ2) is 10.2. The summed E-state index contributed by atoms with van der Waals surface area (Å²) in [5.74, 6) is 0.326. The van der Waals surface area contributed by atoms with Gasteiger partial charge in [-0.1, -0.05) is 52.4 Å². The van der Waals surface area contributed by atoms with E-state index in [0.717, 1.165) is 17.9 Å². The quantitative estimate of drug-likeness (QED) is 0.516. The third kappa shape index (κ3) is 6.28. The number of carbonyl (C=O) groups excluding carboxylic acids is 1. The van der Waals surface area contributed by atoms with Crippen LogP contribution in [0.1, 0.15) is 9.80 Å². The van der Waals surface area contributed by atoms with Crippen molar-refractivity contribution in [2.24, 2.45) is 0 Å². The maximum Gasteiger partial charge on any atom is 0.286 e. The van der Waals surface area contributed by atoms with Crippen molar-refractivity contribution in [1.82, 2.24) is 20.1 Å². The van der Waals surface area contributed by atoms with Crippen molar-refractivity contribution in [2.75, 3.05) is 32.6 Å². The Morgan fingerprint density at radius 1 is 1.24 bits per heavy atom. The Morgan fingerprint density at radius 2 is 2.00 bits per heavy atom. The van der Waals surface area contributed by atoms with Gasteiger partial charge in [-0.2, -0.15) is 0 Å². The average Bonchev–Trinajstić information content (AvgIpc) is 3.14. The molecule has 0 saturated heterocycles. The number of pyridine rings is 1. The smallest absolute Gasteiger partial charge is 0.286 e. The summed E-state index contributed by atoms with van der Waals surface area (Å²) in [6.07, 6.45) is 3.00. The molecule has 0 fully saturated rings. The molecule has 0 unspecified atom stereocenters. The number of hydrogen-bond donors (Lipinski definition) is 1. The van der Waals surface area contributed by atoms with Crippen molar-refractivity contribution < 1.29 is 9.53 Å². The molecule has 1 aromatic carbocycles. The molecular formula is C18H17Cl2N5O2S2. The first-order valence-corrected chi connectivity index (χ1v) is 10.8. The highest BCUT2D eigenvalue weighted by Crippen LogP contribution is 2.38. The molecule has 0 bridgehead atoms. The topological polar surface area (TPSA) is 80.2 Å². The largest absolute Gasteiger partial charge is 0.492 e. The Balaban J connectivity index is 1.63. The van der Waals surface area contributed by atoms with Gasteiger partial charge in [-0.25, -0.2) is 0 Å². The number of carbonyl (C=O) groups is 1. The average molecular weight is 470 g/mol. The number of anilines is 1. The minimum absolute atomic E-state index is 0.229. The monoisotopic (exact) mass is 469 g/mol. The zero-order valence-electron chi connectivity index (χ0n) is 15.6. The normalized spacial score (nSPS) is 10.9. The fourth-order valence-corrected chi connectivity index (χ4v) is 4.40. The van der Waals surface area contributed by atoms with Gasteiger partial charge in [0.05, 0.1) is 14.9 Å². The summed E-state index contributed by atoms with van der Waals surface area (Å²) in [6, 6.07) is 7.20. The number of nitrogens with zero attached hydrogens (tertiary/aromatic N) is 4. The number of amides is 1. The van der Waals surface area contributed by atoms with E-state index >= 15 is 0 Å². The molecule has 0 aliphatic heterocycles. The number of rotatable bonds is 8. The molecule has 11 heteroatoms. The number of aromatic nitrogens is 3. The van der Waals surface area contributed by atoms with Gasteiger partial charge in [-0.05, 0) is 26.2 Å². The number of benzene rings is 1. The summed E-state index contributed by atoms with van der Waals surface area (Å²) in [7, 11) is 3.95. The lowest BCUT2D eigenvalue weighted by atomic mass is 10.3. The van der Waals surface area contributed by atoms with E-state index in [-0.39, 0.29) is 10.9 Å². The van der Waals surface area contributed by atoms with Crippen molar-refractivity contribution in [2.45, 2.75) is 9.24 Å². The molecule has 2 heterocycles. The van der Waals surface area contributed by atoms with Crippen LogP contribution in [0.15, 0.2) is 45.9 Å². The highest BCUT2D eigenvalue weighted by atomic mass is 35.5. The van der Waals surface area contributed by atoms with Gasteiger partial charge in [-0.15, -0.1) is 10.2 Å². The highest BCUT2D eigenvalue weighted by Gasteiger charge is 2.16. The van der Waals surface area contributed by atoms with Gasteiger partial charge < -0.3 is 15.0 Å². The molecule has 0 spiro atoms. The van der Waals surface area contributed by atoms with Crippen molar-refractivity contribution in [1.29, 1.82) is 0 Å². The molecular weight excluding hydrogens is 453 g/mol. The highest BCUT2D eigenvalue weighted by molar-refractivity contribution is 8.01. The first-order chi connectivity index (χ1) is 13.9. The second-order valence-electron chi connectivity index (χ2n) is 6.04. The summed E-state index contributed by atoms with van der Waals surface area (Å²) in [6.45, 7) is 1.36. The van der Waals surface area contributed by atoms with Crippen LogP contribution in [0.5, 0.6) is 5.75 Å². The van der Waals surface area contributed by atoms with E-state index in [1.165, 1.54) is 24.2 Å². The molecule has 1 N–H and O–H groups in total. The van der Waals surface area contributed by atoms with E-state index in [1.54, 1.807) is 12.1 Å². The third-order valence-electron chi connectivity index (χ3n) is 3.50. The number of hydrogen-bond acceptors (Lipinski definition) is 8. The molecule has 0 aliphatic carbocycles. The Labute approximate surface area is 186 Å². The molecule has 2 aromatic heterocycles. The van der Waals surface area contributed by atoms with E-state index in [9.17, 15) is 4.79 Å². The molecule has 3 rings (SSSR count). The Bertz CT molecular complexity index is 980. The first-order valence-electron chi connectivity index (χ1n) is 8.41. The maximum atomic E-state index is 12.5. The van der Waals surface area contributed by atoms with Gasteiger partial charge in [0.2, 0.25) is 5.01 Å². The van der Waals surface area contributed by atoms with E-state index in [0.29, 0.717) is 37.3 Å². The molecule has 0 saturated carbocycles. The fraction of sp³-hybridized carbons (Fsp3) is 0.222. The lowest BCUT2D eigenvalue weighted by Gasteiger charge is -2.11. The molecule has 7 nitrogen and oxygen atoms in total. The molecule has 1 amide bonds. The van der Waals surface area contributed by atoms with Crippen LogP contribution < -0.4 is 10.1 Å². The van der Waals surface area contributed by atoms with Crippen LogP contribution in [0.3, 0.4) is 0 Å². The molecule has 0 atom stereocenters. The summed E-state index contributed by atoms with van der Waals surface area (Å²) in [5, 5.41) is 11.8. The van der Waals surface area contributed by atoms with Gasteiger partial charge in [-0.3, -0.25) is 9.78 Å². The molecule has 152 valence electrons. The third-order valence-corrected chi connectivity index (χ3v) is 6.41. The van der Waals surface area contributed by atoms with Crippen LogP contribution in [0, 0.1) is 0 Å². The van der Waals surface area contributed by atoms with Gasteiger partial charge in [0.1, 0.15) is 12.4 Å². The van der Waals surface area contributed by atoms with Crippen LogP contribution >= 0.6 is 46.3 Å². The minimum atomic E-state index is -0.355. The van der Waals surface area contributed by atoms with E-state index in [1.807, 2.05) is 31.1 Å². The standard InChI is InChI=1S/C18H17Cl2N5O2S2/c1-25(2)6-7-27-12-5-3-4-11(8-12)22-16(26)17-23-24-18(29-17)28-15-13(19)9-21-10-14(15)20/h3-5,8-10H,6-7H2,1-2H3,(H,22,26). The van der Waals surface area contributed by atoms with Crippen molar-refractivity contribution in [3.63, 3.8) is 0 Å². The molecule has 29 heavy (non-hydrogen) atoms. The van der Waals surface area contributed by atoms with Crippen LogP contribution in [-0.2, 0) is 0 Å². The fourth-order valence-electron chi connectivity index (χ4n) is 2.12. The summed E-state index contributed by atoms with van der Waals surface area (Å²) in [4.78, 5) is 19.1. The van der Waals surface area contributed by atoms with Crippen molar-refractivity contribution in [3.8, 4) is 5.75 Å². The van der Waals surface area contributed by atoms with E-state index in [4.69, 9.17) is 27.9 Å². The van der Waals surface area contributed by atoms with Crippen molar-refractivity contribution in [3.05, 3.63) is 51.7 Å². The zero-order chi connectivity index (χ0) is 20.8. The predicted molar refractivity (Wildman–Crippen MR) is 117 cm³/mol. The lowest BCUT2D eigenvalue weighted by molar-refractivity contribution is 0.102. The predicted octanol–water partition coefficient (Wildman–Crippen LogP) is 4.58. The number of halogens is 2. The molecule has 0 radical (unpaired) electrons. The van der Waals surface area contributed by atoms with Gasteiger partial charge in [0.25, 0.3) is 5.91 Å². The molecule has 0 aliphatic rings. The van der Waals surface area contributed by atoms with Crippen molar-refractivity contribution >= 4 is 57.9 Å². The zero-order valence-corrected chi connectivity index (χ0v) is 18.7. The number of nitrogens with one attached hydrogen (secondary N) is 1. The SMILES string of the molecule is CN(C)CCOc1cccc(NC(=O)c2nnc(Sc3c(Cl)cncc3Cl)s2)c1. The van der Waals surface area contributed by atoms with Gasteiger partial charge in [0, 0.05) is 30.7 Å². The maximum absolute atomic E-state index is 12.5. The van der Waals surface area contributed by atoms with Crippen LogP contribution in [0.4, 0.5) is 5.69 Å². The van der Waals surface area contributed by atoms with Crippen LogP contribution in [0.25, 0.3) is 0 Å². The summed E-state index contributed by atoms with van der Waals surface area (Å²) < 4.78 is 6.23. The number of likely N-dealkylation sites (N-methyl/N-ethyl adjacent to an activating group) is 1. The van der Waals surface area contributed by atoms with Crippen LogP contribution in [0.2, 0.25) is 10.0 Å². The molecule has 3 aromatic rings. The first kappa shape index (κ1) is 21.8. The van der Waals surface area contributed by atoms with Gasteiger partial charge >= 0.3 is 0 Å².